The summed E-state index contributed by atoms with van der Waals surface area (Å²) in [6.45, 7) is -1.24. The number of benzene rings is 1. The van der Waals surface area contributed by atoms with Gasteiger partial charge in [-0.15, -0.1) is 0 Å². The fourth-order valence-electron chi connectivity index (χ4n) is 3.11. The van der Waals surface area contributed by atoms with Crippen molar-refractivity contribution >= 4 is 11.7 Å². The van der Waals surface area contributed by atoms with Gasteiger partial charge in [-0.2, -0.15) is 18.3 Å². The molecule has 0 saturated heterocycles. The van der Waals surface area contributed by atoms with E-state index in [4.69, 9.17) is 10.3 Å². The topological polar surface area (TPSA) is 145 Å². The lowest BCUT2D eigenvalue weighted by atomic mass is 10.0. The standard InChI is InChI=1S/C21H17F4N7O3/c22-13-4-2-1-3-12(13)10-32-16(14-6-8-35-31-14)9-15(30-32)18-27-7-5-17(29-18)28-11-20(34,19(26)33)21(23,24)25/h1-9,34H,10-11H2,(H2,26,33)(H,27,28,29). The molecule has 35 heavy (non-hydrogen) atoms. The summed E-state index contributed by atoms with van der Waals surface area (Å²) < 4.78 is 59.9. The minimum atomic E-state index is -5.31. The Kier molecular flexibility index (Phi) is 6.22. The van der Waals surface area contributed by atoms with Crippen molar-refractivity contribution in [1.29, 1.82) is 0 Å². The molecule has 3 heterocycles. The number of carbonyl (C=O) groups is 1. The van der Waals surface area contributed by atoms with Crippen molar-refractivity contribution in [2.75, 3.05) is 11.9 Å². The Morgan fingerprint density at radius 3 is 2.60 bits per heavy atom. The van der Waals surface area contributed by atoms with E-state index in [0.29, 0.717) is 17.0 Å². The van der Waals surface area contributed by atoms with Gasteiger partial charge in [0.1, 0.15) is 29.3 Å². The summed E-state index contributed by atoms with van der Waals surface area (Å²) in [5.74, 6) is -2.53. The van der Waals surface area contributed by atoms with Crippen molar-refractivity contribution in [1.82, 2.24) is 24.9 Å². The number of alkyl halides is 3. The Morgan fingerprint density at radius 2 is 1.94 bits per heavy atom. The Balaban J connectivity index is 1.65. The van der Waals surface area contributed by atoms with Crippen molar-refractivity contribution in [2.45, 2.75) is 18.3 Å². The third-order valence-corrected chi connectivity index (χ3v) is 5.04. The molecule has 182 valence electrons. The number of amides is 1. The molecule has 14 heteroatoms. The number of anilines is 1. The van der Waals surface area contributed by atoms with Crippen LogP contribution in [0.4, 0.5) is 23.4 Å². The van der Waals surface area contributed by atoms with Gasteiger partial charge in [0.05, 0.1) is 18.8 Å². The molecular formula is C21H17F4N7O3. The number of carbonyl (C=O) groups excluding carboxylic acids is 1. The van der Waals surface area contributed by atoms with Gasteiger partial charge in [0.2, 0.25) is 0 Å². The highest BCUT2D eigenvalue weighted by molar-refractivity contribution is 5.85. The average Bonchev–Trinajstić information content (AvgIpc) is 3.48. The molecule has 10 nitrogen and oxygen atoms in total. The van der Waals surface area contributed by atoms with Crippen LogP contribution in [0.2, 0.25) is 0 Å². The van der Waals surface area contributed by atoms with Gasteiger partial charge in [-0.05, 0) is 18.2 Å². The fourth-order valence-corrected chi connectivity index (χ4v) is 3.11. The molecule has 0 aliphatic heterocycles. The quantitative estimate of drug-likeness (QED) is 0.319. The number of nitrogens with zero attached hydrogens (tertiary/aromatic N) is 5. The molecule has 0 saturated carbocycles. The zero-order valence-electron chi connectivity index (χ0n) is 17.7. The maximum Gasteiger partial charge on any atom is 0.428 e. The zero-order valence-corrected chi connectivity index (χ0v) is 17.7. The summed E-state index contributed by atoms with van der Waals surface area (Å²) in [6, 6.07) is 10.5. The summed E-state index contributed by atoms with van der Waals surface area (Å²) in [7, 11) is 0. The number of aromatic nitrogens is 5. The molecule has 0 spiro atoms. The molecule has 0 bridgehead atoms. The van der Waals surface area contributed by atoms with E-state index in [0.717, 1.165) is 0 Å². The highest BCUT2D eigenvalue weighted by Crippen LogP contribution is 2.31. The van der Waals surface area contributed by atoms with Gasteiger partial charge in [0.15, 0.2) is 5.82 Å². The van der Waals surface area contributed by atoms with Crippen LogP contribution in [0.15, 0.2) is 59.4 Å². The van der Waals surface area contributed by atoms with Crippen molar-refractivity contribution in [3.63, 3.8) is 0 Å². The second-order valence-corrected chi connectivity index (χ2v) is 7.39. The molecule has 1 atom stereocenters. The maximum absolute atomic E-state index is 14.2. The van der Waals surface area contributed by atoms with E-state index < -0.39 is 30.0 Å². The van der Waals surface area contributed by atoms with Crippen LogP contribution in [0.1, 0.15) is 5.56 Å². The molecule has 4 rings (SSSR count). The molecule has 0 aliphatic carbocycles. The first-order valence-corrected chi connectivity index (χ1v) is 9.97. The molecule has 1 aromatic carbocycles. The number of halogens is 4. The van der Waals surface area contributed by atoms with Crippen molar-refractivity contribution in [3.05, 3.63) is 66.3 Å². The largest absolute Gasteiger partial charge is 0.428 e. The average molecular weight is 491 g/mol. The van der Waals surface area contributed by atoms with Crippen LogP contribution in [0.25, 0.3) is 22.9 Å². The van der Waals surface area contributed by atoms with E-state index in [2.05, 4.69) is 25.5 Å². The first-order valence-electron chi connectivity index (χ1n) is 9.97. The van der Waals surface area contributed by atoms with E-state index in [1.165, 1.54) is 29.3 Å². The molecule has 0 aliphatic rings. The maximum atomic E-state index is 14.2. The summed E-state index contributed by atoms with van der Waals surface area (Å²) >= 11 is 0. The molecule has 0 fully saturated rings. The minimum Gasteiger partial charge on any atom is -0.371 e. The Labute approximate surface area is 194 Å². The summed E-state index contributed by atoms with van der Waals surface area (Å²) in [6.07, 6.45) is -2.72. The lowest BCUT2D eigenvalue weighted by Gasteiger charge is -2.27. The number of hydrogen-bond donors (Lipinski definition) is 3. The van der Waals surface area contributed by atoms with Crippen LogP contribution in [0.5, 0.6) is 0 Å². The van der Waals surface area contributed by atoms with E-state index in [1.807, 2.05) is 0 Å². The van der Waals surface area contributed by atoms with Crippen LogP contribution in [-0.2, 0) is 11.3 Å². The second-order valence-electron chi connectivity index (χ2n) is 7.39. The first-order chi connectivity index (χ1) is 16.6. The number of primary amides is 1. The van der Waals surface area contributed by atoms with Crippen molar-refractivity contribution in [2.24, 2.45) is 5.73 Å². The molecule has 3 aromatic heterocycles. The predicted molar refractivity (Wildman–Crippen MR) is 113 cm³/mol. The number of nitrogens with one attached hydrogen (secondary N) is 1. The lowest BCUT2D eigenvalue weighted by Crippen LogP contribution is -2.59. The van der Waals surface area contributed by atoms with Gasteiger partial charge in [0.25, 0.3) is 11.5 Å². The molecule has 4 aromatic rings. The van der Waals surface area contributed by atoms with E-state index in [-0.39, 0.29) is 23.9 Å². The van der Waals surface area contributed by atoms with Gasteiger partial charge in [0, 0.05) is 17.8 Å². The highest BCUT2D eigenvalue weighted by atomic mass is 19.4. The van der Waals surface area contributed by atoms with E-state index >= 15 is 0 Å². The van der Waals surface area contributed by atoms with E-state index in [1.54, 1.807) is 30.3 Å². The highest BCUT2D eigenvalue weighted by Gasteiger charge is 2.58. The summed E-state index contributed by atoms with van der Waals surface area (Å²) in [4.78, 5) is 19.4. The Hall–Kier alpha value is -4.33. The first kappa shape index (κ1) is 23.8. The van der Waals surface area contributed by atoms with Gasteiger partial charge in [-0.25, -0.2) is 14.4 Å². The Bertz CT molecular complexity index is 1340. The summed E-state index contributed by atoms with van der Waals surface area (Å²) in [5, 5.41) is 20.2. The fraction of sp³-hybridized carbons (Fsp3) is 0.190. The molecule has 4 N–H and O–H groups in total. The van der Waals surface area contributed by atoms with E-state index in [9.17, 15) is 27.5 Å². The second kappa shape index (κ2) is 9.13. The number of nitrogens with two attached hydrogens (primary N) is 1. The number of rotatable bonds is 8. The third kappa shape index (κ3) is 4.82. The third-order valence-electron chi connectivity index (χ3n) is 5.04. The van der Waals surface area contributed by atoms with Gasteiger partial charge >= 0.3 is 6.18 Å². The smallest absolute Gasteiger partial charge is 0.371 e. The molecular weight excluding hydrogens is 474 g/mol. The van der Waals surface area contributed by atoms with Crippen LogP contribution >= 0.6 is 0 Å². The predicted octanol–water partition coefficient (Wildman–Crippen LogP) is 2.37. The minimum absolute atomic E-state index is 0.00153. The van der Waals surface area contributed by atoms with Crippen LogP contribution < -0.4 is 11.1 Å². The molecule has 1 amide bonds. The zero-order chi connectivity index (χ0) is 25.2. The molecule has 0 radical (unpaired) electrons. The van der Waals surface area contributed by atoms with Crippen molar-refractivity contribution in [3.8, 4) is 22.9 Å². The van der Waals surface area contributed by atoms with Gasteiger partial charge < -0.3 is 20.7 Å². The normalized spacial score (nSPS) is 13.4. The number of aliphatic hydroxyl groups is 1. The van der Waals surface area contributed by atoms with Crippen LogP contribution in [0.3, 0.4) is 0 Å². The molecule has 1 unspecified atom stereocenters. The SMILES string of the molecule is NC(=O)C(O)(CNc1ccnc(-c2cc(-c3ccon3)n(Cc3ccccc3F)n2)n1)C(F)(F)F. The Morgan fingerprint density at radius 1 is 1.17 bits per heavy atom. The van der Waals surface area contributed by atoms with Gasteiger partial charge in [-0.3, -0.25) is 9.48 Å². The number of hydrogen-bond acceptors (Lipinski definition) is 8. The summed E-state index contributed by atoms with van der Waals surface area (Å²) in [5.41, 5.74) is 2.33. The monoisotopic (exact) mass is 491 g/mol. The van der Waals surface area contributed by atoms with Gasteiger partial charge in [-0.1, -0.05) is 23.4 Å². The van der Waals surface area contributed by atoms with Crippen LogP contribution in [0, 0.1) is 5.82 Å². The van der Waals surface area contributed by atoms with Crippen molar-refractivity contribution < 1.29 is 32.0 Å². The van der Waals surface area contributed by atoms with Crippen LogP contribution in [-0.4, -0.2) is 54.2 Å². The lowest BCUT2D eigenvalue weighted by molar-refractivity contribution is -0.245.